The lowest BCUT2D eigenvalue weighted by Crippen LogP contribution is -2.27. The largest absolute Gasteiger partial charge is 0.494 e. The third-order valence-electron chi connectivity index (χ3n) is 7.71. The van der Waals surface area contributed by atoms with Crippen LogP contribution in [0, 0.1) is 5.92 Å². The summed E-state index contributed by atoms with van der Waals surface area (Å²) in [5.74, 6) is 1.35. The number of benzene rings is 2. The predicted octanol–water partition coefficient (Wildman–Crippen LogP) is 10.0. The van der Waals surface area contributed by atoms with Gasteiger partial charge in [0.05, 0.1) is 25.4 Å². The minimum atomic E-state index is -0.390. The van der Waals surface area contributed by atoms with Gasteiger partial charge in [0, 0.05) is 11.5 Å². The SMILES string of the molecule is C=CCCCCCCCCOc1ccc(C(=O)Oc2ccc(C3OCC(CCCCCCCCC)CO3)cc2)cc1. The highest BCUT2D eigenvalue weighted by Gasteiger charge is 2.23. The van der Waals surface area contributed by atoms with Crippen LogP contribution >= 0.6 is 0 Å². The van der Waals surface area contributed by atoms with Crippen LogP contribution in [0.4, 0.5) is 0 Å². The van der Waals surface area contributed by atoms with Gasteiger partial charge < -0.3 is 18.9 Å². The van der Waals surface area contributed by atoms with Crippen molar-refractivity contribution < 1.29 is 23.7 Å². The summed E-state index contributed by atoms with van der Waals surface area (Å²) in [6.45, 7) is 8.17. The fourth-order valence-electron chi connectivity index (χ4n) is 5.13. The molecule has 2 aromatic rings. The number of esters is 1. The Bertz CT molecular complexity index is 960. The standard InChI is InChI=1S/C36H52O5/c1-3-5-7-9-11-13-15-17-27-38-33-23-19-31(20-24-33)35(37)41-34-25-21-32(22-26-34)36-39-28-30(29-40-36)18-16-14-12-10-8-6-4-2/h3,19-26,30,36H,1,4-18,27-29H2,2H3. The molecule has 1 aliphatic rings. The lowest BCUT2D eigenvalue weighted by Gasteiger charge is -2.29. The van der Waals surface area contributed by atoms with E-state index in [1.54, 1.807) is 24.3 Å². The summed E-state index contributed by atoms with van der Waals surface area (Å²) in [6.07, 6.45) is 20.4. The molecule has 0 aromatic heterocycles. The zero-order chi connectivity index (χ0) is 29.0. The number of unbranched alkanes of at least 4 members (excludes halogenated alkanes) is 12. The van der Waals surface area contributed by atoms with Crippen LogP contribution in [-0.2, 0) is 9.47 Å². The molecule has 0 unspecified atom stereocenters. The van der Waals surface area contributed by atoms with E-state index in [1.165, 1.54) is 83.5 Å². The fraction of sp³-hybridized carbons (Fsp3) is 0.583. The minimum absolute atomic E-state index is 0.361. The van der Waals surface area contributed by atoms with Gasteiger partial charge in [0.15, 0.2) is 6.29 Å². The summed E-state index contributed by atoms with van der Waals surface area (Å²) in [6, 6.07) is 14.5. The minimum Gasteiger partial charge on any atom is -0.494 e. The van der Waals surface area contributed by atoms with E-state index in [2.05, 4.69) is 13.5 Å². The zero-order valence-corrected chi connectivity index (χ0v) is 25.3. The summed E-state index contributed by atoms with van der Waals surface area (Å²) in [7, 11) is 0. The van der Waals surface area contributed by atoms with E-state index in [4.69, 9.17) is 18.9 Å². The van der Waals surface area contributed by atoms with Crippen LogP contribution < -0.4 is 9.47 Å². The zero-order valence-electron chi connectivity index (χ0n) is 25.3. The van der Waals surface area contributed by atoms with Crippen molar-refractivity contribution >= 4 is 5.97 Å². The molecule has 1 fully saturated rings. The predicted molar refractivity (Wildman–Crippen MR) is 167 cm³/mol. The molecule has 0 aliphatic carbocycles. The maximum Gasteiger partial charge on any atom is 0.343 e. The van der Waals surface area contributed by atoms with Gasteiger partial charge in [0.1, 0.15) is 11.5 Å². The Balaban J connectivity index is 1.29. The van der Waals surface area contributed by atoms with Gasteiger partial charge >= 0.3 is 5.97 Å². The first-order valence-corrected chi connectivity index (χ1v) is 16.1. The fourth-order valence-corrected chi connectivity index (χ4v) is 5.13. The van der Waals surface area contributed by atoms with Gasteiger partial charge in [-0.05, 0) is 62.1 Å². The van der Waals surface area contributed by atoms with Crippen molar-refractivity contribution in [2.24, 2.45) is 5.92 Å². The van der Waals surface area contributed by atoms with E-state index in [0.29, 0.717) is 23.8 Å². The molecule has 5 nitrogen and oxygen atoms in total. The average Bonchev–Trinajstić information content (AvgIpc) is 3.01. The summed E-state index contributed by atoms with van der Waals surface area (Å²) in [5.41, 5.74) is 1.43. The lowest BCUT2D eigenvalue weighted by atomic mass is 10.0. The molecule has 1 aliphatic heterocycles. The molecular formula is C36H52O5. The van der Waals surface area contributed by atoms with E-state index in [-0.39, 0.29) is 12.3 Å². The molecule has 0 amide bonds. The molecule has 0 saturated carbocycles. The number of hydrogen-bond acceptors (Lipinski definition) is 5. The summed E-state index contributed by atoms with van der Waals surface area (Å²) in [4.78, 5) is 12.6. The van der Waals surface area contributed by atoms with E-state index in [0.717, 1.165) is 37.4 Å². The van der Waals surface area contributed by atoms with Gasteiger partial charge in [-0.25, -0.2) is 4.79 Å². The highest BCUT2D eigenvalue weighted by atomic mass is 16.7. The van der Waals surface area contributed by atoms with Crippen molar-refractivity contribution in [1.29, 1.82) is 0 Å². The molecule has 5 heteroatoms. The van der Waals surface area contributed by atoms with Crippen LogP contribution in [0.5, 0.6) is 11.5 Å². The monoisotopic (exact) mass is 564 g/mol. The van der Waals surface area contributed by atoms with Crippen molar-refractivity contribution in [3.05, 3.63) is 72.3 Å². The second-order valence-electron chi connectivity index (χ2n) is 11.3. The number of carbonyl (C=O) groups is 1. The van der Waals surface area contributed by atoms with Crippen molar-refractivity contribution in [3.63, 3.8) is 0 Å². The molecule has 1 heterocycles. The van der Waals surface area contributed by atoms with Crippen molar-refractivity contribution in [2.75, 3.05) is 19.8 Å². The van der Waals surface area contributed by atoms with Crippen LogP contribution in [0.25, 0.3) is 0 Å². The van der Waals surface area contributed by atoms with E-state index in [9.17, 15) is 4.79 Å². The summed E-state index contributed by atoms with van der Waals surface area (Å²) in [5, 5.41) is 0. The Hall–Kier alpha value is -2.63. The Morgan fingerprint density at radius 1 is 0.780 bits per heavy atom. The molecule has 226 valence electrons. The molecular weight excluding hydrogens is 512 g/mol. The van der Waals surface area contributed by atoms with Gasteiger partial charge in [0.25, 0.3) is 0 Å². The molecule has 0 N–H and O–H groups in total. The second-order valence-corrected chi connectivity index (χ2v) is 11.3. The molecule has 2 aromatic carbocycles. The first-order valence-electron chi connectivity index (χ1n) is 16.1. The first-order chi connectivity index (χ1) is 20.2. The molecule has 0 bridgehead atoms. The van der Waals surface area contributed by atoms with Gasteiger partial charge in [-0.1, -0.05) is 95.8 Å². The Kier molecular flexibility index (Phi) is 16.3. The van der Waals surface area contributed by atoms with Gasteiger partial charge in [-0.15, -0.1) is 6.58 Å². The molecule has 0 atom stereocenters. The molecule has 0 spiro atoms. The molecule has 1 saturated heterocycles. The maximum atomic E-state index is 12.6. The van der Waals surface area contributed by atoms with Crippen LogP contribution in [0.15, 0.2) is 61.2 Å². The highest BCUT2D eigenvalue weighted by Crippen LogP contribution is 2.29. The number of carbonyl (C=O) groups excluding carboxylic acids is 1. The normalized spacial score (nSPS) is 16.8. The third-order valence-corrected chi connectivity index (χ3v) is 7.71. The second kappa shape index (κ2) is 20.3. The average molecular weight is 565 g/mol. The topological polar surface area (TPSA) is 54.0 Å². The van der Waals surface area contributed by atoms with Crippen molar-refractivity contribution in [3.8, 4) is 11.5 Å². The summed E-state index contributed by atoms with van der Waals surface area (Å²) >= 11 is 0. The van der Waals surface area contributed by atoms with Crippen LogP contribution in [0.1, 0.15) is 125 Å². The van der Waals surface area contributed by atoms with Gasteiger partial charge in [-0.2, -0.15) is 0 Å². The lowest BCUT2D eigenvalue weighted by molar-refractivity contribution is -0.206. The van der Waals surface area contributed by atoms with E-state index < -0.39 is 0 Å². The quantitative estimate of drug-likeness (QED) is 0.0653. The van der Waals surface area contributed by atoms with Crippen molar-refractivity contribution in [2.45, 2.75) is 110 Å². The molecule has 0 radical (unpaired) electrons. The van der Waals surface area contributed by atoms with Crippen LogP contribution in [0.2, 0.25) is 0 Å². The maximum absolute atomic E-state index is 12.6. The number of rotatable bonds is 21. The summed E-state index contributed by atoms with van der Waals surface area (Å²) < 4.78 is 23.4. The number of ether oxygens (including phenoxy) is 4. The van der Waals surface area contributed by atoms with Crippen LogP contribution in [0.3, 0.4) is 0 Å². The molecule has 3 rings (SSSR count). The van der Waals surface area contributed by atoms with Gasteiger partial charge in [-0.3, -0.25) is 0 Å². The third kappa shape index (κ3) is 13.3. The Morgan fingerprint density at radius 2 is 1.37 bits per heavy atom. The van der Waals surface area contributed by atoms with Gasteiger partial charge in [0.2, 0.25) is 0 Å². The van der Waals surface area contributed by atoms with E-state index >= 15 is 0 Å². The first kappa shape index (κ1) is 32.9. The van der Waals surface area contributed by atoms with Crippen molar-refractivity contribution in [1.82, 2.24) is 0 Å². The van der Waals surface area contributed by atoms with E-state index in [1.807, 2.05) is 30.3 Å². The van der Waals surface area contributed by atoms with Crippen LogP contribution in [-0.4, -0.2) is 25.8 Å². The smallest absolute Gasteiger partial charge is 0.343 e. The highest BCUT2D eigenvalue weighted by molar-refractivity contribution is 5.91. The Labute approximate surface area is 248 Å². The number of hydrogen-bond donors (Lipinski definition) is 0. The number of allylic oxidation sites excluding steroid dienone is 1. The Morgan fingerprint density at radius 3 is 2.02 bits per heavy atom. The molecule has 41 heavy (non-hydrogen) atoms.